The largest absolute Gasteiger partial charge is 0.428 e. The zero-order valence-electron chi connectivity index (χ0n) is 12.4. The van der Waals surface area contributed by atoms with Crippen molar-refractivity contribution < 1.29 is 21.3 Å². The molecule has 0 aliphatic heterocycles. The first-order valence-electron chi connectivity index (χ1n) is 6.21. The summed E-state index contributed by atoms with van der Waals surface area (Å²) in [6.07, 6.45) is 1.05. The van der Waals surface area contributed by atoms with E-state index in [1.54, 1.807) is 0 Å². The third-order valence-electron chi connectivity index (χ3n) is 2.83. The average molecular weight is 380 g/mol. The highest BCUT2D eigenvalue weighted by atomic mass is 35.5. The maximum atomic E-state index is 12.2. The van der Waals surface area contributed by atoms with E-state index in [0.29, 0.717) is 0 Å². The van der Waals surface area contributed by atoms with Crippen molar-refractivity contribution in [2.75, 3.05) is 18.8 Å². The van der Waals surface area contributed by atoms with Crippen LogP contribution < -0.4 is 4.72 Å². The molecule has 1 heterocycles. The first-order valence-corrected chi connectivity index (χ1v) is 9.51. The van der Waals surface area contributed by atoms with Gasteiger partial charge in [0.05, 0.1) is 21.8 Å². The summed E-state index contributed by atoms with van der Waals surface area (Å²) in [7, 11) is -5.07. The van der Waals surface area contributed by atoms with Crippen LogP contribution in [0.15, 0.2) is 38.8 Å². The van der Waals surface area contributed by atoms with Crippen molar-refractivity contribution in [1.29, 1.82) is 0 Å². The van der Waals surface area contributed by atoms with Crippen LogP contribution in [0, 0.1) is 6.92 Å². The fourth-order valence-corrected chi connectivity index (χ4v) is 3.75. The van der Waals surface area contributed by atoms with Crippen LogP contribution in [0.3, 0.4) is 0 Å². The summed E-state index contributed by atoms with van der Waals surface area (Å²) in [6, 6.07) is 3.72. The highest BCUT2D eigenvalue weighted by Crippen LogP contribution is 2.28. The van der Waals surface area contributed by atoms with Crippen LogP contribution in [-0.2, 0) is 20.0 Å². The molecule has 0 fully saturated rings. The quantitative estimate of drug-likeness (QED) is 0.846. The van der Waals surface area contributed by atoms with Gasteiger partial charge in [-0.25, -0.2) is 17.7 Å². The molecule has 11 heteroatoms. The Hall–Kier alpha value is -1.62. The summed E-state index contributed by atoms with van der Waals surface area (Å²) in [4.78, 5) is 3.61. The van der Waals surface area contributed by atoms with Crippen molar-refractivity contribution in [2.45, 2.75) is 16.9 Å². The van der Waals surface area contributed by atoms with Crippen LogP contribution in [0.1, 0.15) is 5.89 Å². The molecule has 0 bridgehead atoms. The molecule has 8 nitrogen and oxygen atoms in total. The maximum absolute atomic E-state index is 12.2. The molecule has 2 rings (SSSR count). The maximum Gasteiger partial charge on any atom is 0.297 e. The second kappa shape index (κ2) is 6.11. The van der Waals surface area contributed by atoms with E-state index in [0.717, 1.165) is 16.6 Å². The van der Waals surface area contributed by atoms with E-state index >= 15 is 0 Å². The molecule has 0 spiro atoms. The summed E-state index contributed by atoms with van der Waals surface area (Å²) in [5.41, 5.74) is -0.0800. The van der Waals surface area contributed by atoms with Crippen LogP contribution in [0.4, 0.5) is 5.69 Å². The van der Waals surface area contributed by atoms with Gasteiger partial charge in [0.1, 0.15) is 0 Å². The van der Waals surface area contributed by atoms with Gasteiger partial charge < -0.3 is 4.42 Å². The number of nitrogens with one attached hydrogen (secondary N) is 1. The van der Waals surface area contributed by atoms with Gasteiger partial charge in [0.25, 0.3) is 15.1 Å². The standard InChI is InChI=1S/C12H14ClN3O5S2/c1-8-14-7-12(21-8)22(17,18)15-11-6-9(4-5-10(11)13)23(19,20)16(2)3/h4-7,15H,1-3H3. The third-order valence-corrected chi connectivity index (χ3v) is 6.17. The van der Waals surface area contributed by atoms with Crippen LogP contribution >= 0.6 is 11.6 Å². The minimum atomic E-state index is -4.07. The molecule has 0 aliphatic carbocycles. The van der Waals surface area contributed by atoms with Gasteiger partial charge >= 0.3 is 0 Å². The Morgan fingerprint density at radius 3 is 2.39 bits per heavy atom. The summed E-state index contributed by atoms with van der Waals surface area (Å²) >= 11 is 5.94. The van der Waals surface area contributed by atoms with Gasteiger partial charge in [-0.3, -0.25) is 4.72 Å². The Morgan fingerprint density at radius 2 is 1.87 bits per heavy atom. The van der Waals surface area contributed by atoms with Crippen LogP contribution in [0.5, 0.6) is 0 Å². The van der Waals surface area contributed by atoms with Crippen molar-refractivity contribution in [3.63, 3.8) is 0 Å². The predicted molar refractivity (Wildman–Crippen MR) is 84.4 cm³/mol. The number of aryl methyl sites for hydroxylation is 1. The second-order valence-electron chi connectivity index (χ2n) is 4.73. The molecule has 1 aromatic heterocycles. The first-order chi connectivity index (χ1) is 10.5. The van der Waals surface area contributed by atoms with Crippen LogP contribution in [0.25, 0.3) is 0 Å². The fourth-order valence-electron chi connectivity index (χ4n) is 1.62. The number of halogens is 1. The summed E-state index contributed by atoms with van der Waals surface area (Å²) in [6.45, 7) is 1.50. The SMILES string of the molecule is Cc1ncc(S(=O)(=O)Nc2cc(S(=O)(=O)N(C)C)ccc2Cl)o1. The number of benzene rings is 1. The van der Waals surface area contributed by atoms with Gasteiger partial charge in [0.2, 0.25) is 10.0 Å². The number of nitrogens with zero attached hydrogens (tertiary/aromatic N) is 2. The molecule has 126 valence electrons. The smallest absolute Gasteiger partial charge is 0.297 e. The van der Waals surface area contributed by atoms with E-state index in [4.69, 9.17) is 16.0 Å². The molecule has 1 aromatic carbocycles. The topological polar surface area (TPSA) is 110 Å². The Labute approximate surface area is 139 Å². The van der Waals surface area contributed by atoms with E-state index in [-0.39, 0.29) is 21.5 Å². The highest BCUT2D eigenvalue weighted by molar-refractivity contribution is 7.92. The van der Waals surface area contributed by atoms with Gasteiger partial charge in [0.15, 0.2) is 5.89 Å². The number of oxazole rings is 1. The Morgan fingerprint density at radius 1 is 1.22 bits per heavy atom. The fraction of sp³-hybridized carbons (Fsp3) is 0.250. The van der Waals surface area contributed by atoms with E-state index in [2.05, 4.69) is 9.71 Å². The number of aromatic nitrogens is 1. The van der Waals surface area contributed by atoms with E-state index < -0.39 is 25.1 Å². The average Bonchev–Trinajstić information content (AvgIpc) is 2.88. The van der Waals surface area contributed by atoms with Gasteiger partial charge in [-0.2, -0.15) is 8.42 Å². The van der Waals surface area contributed by atoms with E-state index in [1.165, 1.54) is 33.2 Å². The van der Waals surface area contributed by atoms with E-state index in [1.807, 2.05) is 0 Å². The lowest BCUT2D eigenvalue weighted by Gasteiger charge is -2.13. The van der Waals surface area contributed by atoms with Crippen molar-refractivity contribution in [3.8, 4) is 0 Å². The molecule has 23 heavy (non-hydrogen) atoms. The molecule has 0 saturated heterocycles. The molecular formula is C12H14ClN3O5S2. The zero-order valence-corrected chi connectivity index (χ0v) is 14.8. The van der Waals surface area contributed by atoms with Gasteiger partial charge in [0, 0.05) is 21.0 Å². The van der Waals surface area contributed by atoms with Crippen molar-refractivity contribution in [1.82, 2.24) is 9.29 Å². The van der Waals surface area contributed by atoms with Gasteiger partial charge in [-0.15, -0.1) is 0 Å². The Kier molecular flexibility index (Phi) is 4.71. The molecule has 0 amide bonds. The Balaban J connectivity index is 2.45. The highest BCUT2D eigenvalue weighted by Gasteiger charge is 2.23. The summed E-state index contributed by atoms with van der Waals surface area (Å²) in [5, 5.41) is -0.352. The Bertz CT molecular complexity index is 935. The molecule has 0 unspecified atom stereocenters. The minimum Gasteiger partial charge on any atom is -0.428 e. The van der Waals surface area contributed by atoms with Gasteiger partial charge in [-0.05, 0) is 18.2 Å². The van der Waals surface area contributed by atoms with Crippen molar-refractivity contribution in [2.24, 2.45) is 0 Å². The lowest BCUT2D eigenvalue weighted by molar-refractivity contribution is 0.424. The molecule has 1 N–H and O–H groups in total. The zero-order chi connectivity index (χ0) is 17.4. The number of sulfonamides is 2. The molecule has 0 atom stereocenters. The number of rotatable bonds is 5. The summed E-state index contributed by atoms with van der Waals surface area (Å²) in [5.74, 6) is 0.181. The van der Waals surface area contributed by atoms with Crippen LogP contribution in [-0.4, -0.2) is 40.2 Å². The van der Waals surface area contributed by atoms with Crippen molar-refractivity contribution >= 4 is 37.3 Å². The minimum absolute atomic E-state index is 0.0440. The molecular weight excluding hydrogens is 366 g/mol. The molecule has 0 radical (unpaired) electrons. The van der Waals surface area contributed by atoms with E-state index in [9.17, 15) is 16.8 Å². The molecule has 0 aliphatic rings. The number of hydrogen-bond acceptors (Lipinski definition) is 6. The number of hydrogen-bond donors (Lipinski definition) is 1. The van der Waals surface area contributed by atoms with Crippen LogP contribution in [0.2, 0.25) is 5.02 Å². The third kappa shape index (κ3) is 3.66. The predicted octanol–water partition coefficient (Wildman–Crippen LogP) is 1.69. The van der Waals surface area contributed by atoms with Crippen molar-refractivity contribution in [3.05, 3.63) is 35.3 Å². The van der Waals surface area contributed by atoms with Gasteiger partial charge in [-0.1, -0.05) is 11.6 Å². The lowest BCUT2D eigenvalue weighted by Crippen LogP contribution is -2.22. The second-order valence-corrected chi connectivity index (χ2v) is 8.91. The molecule has 0 saturated carbocycles. The molecule has 2 aromatic rings. The summed E-state index contributed by atoms with van der Waals surface area (Å²) < 4.78 is 56.8. The first kappa shape index (κ1) is 17.7. The normalized spacial score (nSPS) is 12.6. The monoisotopic (exact) mass is 379 g/mol. The lowest BCUT2D eigenvalue weighted by atomic mass is 10.3. The number of anilines is 1.